The summed E-state index contributed by atoms with van der Waals surface area (Å²) in [6.45, 7) is 3.45. The Morgan fingerprint density at radius 1 is 1.32 bits per heavy atom. The summed E-state index contributed by atoms with van der Waals surface area (Å²) in [5.74, 6) is -1.53. The third kappa shape index (κ3) is 4.16. The van der Waals surface area contributed by atoms with Crippen LogP contribution in [0.1, 0.15) is 32.5 Å². The van der Waals surface area contributed by atoms with Gasteiger partial charge in [0.25, 0.3) is 5.91 Å². The molecular formula is C17H16N4O4S3. The second kappa shape index (κ2) is 8.67. The number of esters is 1. The molecule has 2 amide bonds. The molecule has 0 atom stereocenters. The van der Waals surface area contributed by atoms with E-state index < -0.39 is 11.9 Å². The first-order chi connectivity index (χ1) is 13.4. The van der Waals surface area contributed by atoms with Crippen LogP contribution >= 0.6 is 34.4 Å². The Balaban J connectivity index is 1.77. The van der Waals surface area contributed by atoms with Crippen molar-refractivity contribution in [1.29, 1.82) is 0 Å². The fourth-order valence-corrected chi connectivity index (χ4v) is 5.26. The molecule has 3 rings (SSSR count). The quantitative estimate of drug-likeness (QED) is 0.331. The van der Waals surface area contributed by atoms with Crippen LogP contribution in [0, 0.1) is 6.92 Å². The molecule has 146 valence electrons. The van der Waals surface area contributed by atoms with Gasteiger partial charge in [-0.05, 0) is 30.9 Å². The fourth-order valence-electron chi connectivity index (χ4n) is 2.45. The zero-order chi connectivity index (χ0) is 20.3. The van der Waals surface area contributed by atoms with Crippen LogP contribution in [-0.2, 0) is 9.53 Å². The second-order valence-corrected chi connectivity index (χ2v) is 8.40. The van der Waals surface area contributed by atoms with Gasteiger partial charge in [-0.1, -0.05) is 11.8 Å². The van der Waals surface area contributed by atoms with Gasteiger partial charge in [-0.15, -0.1) is 22.7 Å². The number of thiophene rings is 2. The largest absolute Gasteiger partial charge is 0.462 e. The number of nitrogens with two attached hydrogens (primary N) is 1. The van der Waals surface area contributed by atoms with Gasteiger partial charge in [0.05, 0.1) is 33.0 Å². The summed E-state index contributed by atoms with van der Waals surface area (Å²) in [7, 11) is 0. The topological polar surface area (TPSA) is 124 Å². The van der Waals surface area contributed by atoms with Gasteiger partial charge in [-0.25, -0.2) is 14.8 Å². The number of aromatic nitrogens is 2. The van der Waals surface area contributed by atoms with Gasteiger partial charge in [0.2, 0.25) is 5.91 Å². The summed E-state index contributed by atoms with van der Waals surface area (Å²) in [5.41, 5.74) is 6.75. The summed E-state index contributed by atoms with van der Waals surface area (Å²) >= 11 is 3.73. The Labute approximate surface area is 172 Å². The Bertz CT molecular complexity index is 1060. The number of amides is 2. The lowest BCUT2D eigenvalue weighted by atomic mass is 10.1. The first-order valence-electron chi connectivity index (χ1n) is 8.13. The minimum absolute atomic E-state index is 0.0785. The number of carbonyl (C=O) groups is 3. The maximum Gasteiger partial charge on any atom is 0.341 e. The molecule has 28 heavy (non-hydrogen) atoms. The number of nitrogens with one attached hydrogen (secondary N) is 1. The third-order valence-electron chi connectivity index (χ3n) is 3.65. The number of rotatable bonds is 7. The van der Waals surface area contributed by atoms with Crippen molar-refractivity contribution in [2.75, 3.05) is 17.7 Å². The van der Waals surface area contributed by atoms with E-state index in [-0.39, 0.29) is 33.7 Å². The molecule has 0 aliphatic rings. The van der Waals surface area contributed by atoms with Crippen molar-refractivity contribution in [3.05, 3.63) is 33.8 Å². The second-order valence-electron chi connectivity index (χ2n) is 5.50. The molecule has 0 fully saturated rings. The molecule has 3 aromatic rings. The molecule has 3 heterocycles. The summed E-state index contributed by atoms with van der Waals surface area (Å²) in [5, 5.41) is 5.56. The van der Waals surface area contributed by atoms with E-state index in [1.54, 1.807) is 13.8 Å². The van der Waals surface area contributed by atoms with Crippen LogP contribution in [0.2, 0.25) is 0 Å². The first-order valence-corrected chi connectivity index (χ1v) is 10.8. The van der Waals surface area contributed by atoms with Gasteiger partial charge >= 0.3 is 5.97 Å². The van der Waals surface area contributed by atoms with Gasteiger partial charge < -0.3 is 15.8 Å². The summed E-state index contributed by atoms with van der Waals surface area (Å²) in [6, 6.07) is 1.89. The molecule has 3 N–H and O–H groups in total. The van der Waals surface area contributed by atoms with E-state index in [0.29, 0.717) is 10.6 Å². The molecule has 0 bridgehead atoms. The van der Waals surface area contributed by atoms with Crippen molar-refractivity contribution in [3.63, 3.8) is 0 Å². The standard InChI is InChI=1S/C17H16N4O4S3/c1-3-25-17(24)11-8(2)12(14(18)23)28-15(11)21-10(22)6-27-16-13-9(4-5-26-13)19-7-20-16/h4-5,7H,3,6H2,1-2H3,(H2,18,23)(H,21,22). The molecule has 0 saturated heterocycles. The average Bonchev–Trinajstić information content (AvgIpc) is 3.25. The molecule has 0 saturated carbocycles. The normalized spacial score (nSPS) is 10.8. The molecular weight excluding hydrogens is 420 g/mol. The van der Waals surface area contributed by atoms with Crippen LogP contribution in [0.25, 0.3) is 10.2 Å². The summed E-state index contributed by atoms with van der Waals surface area (Å²) in [4.78, 5) is 44.9. The zero-order valence-electron chi connectivity index (χ0n) is 15.0. The van der Waals surface area contributed by atoms with E-state index in [9.17, 15) is 14.4 Å². The van der Waals surface area contributed by atoms with Crippen LogP contribution in [0.4, 0.5) is 5.00 Å². The SMILES string of the molecule is CCOC(=O)c1c(NC(=O)CSc2ncnc3ccsc23)sc(C(N)=O)c1C. The first kappa shape index (κ1) is 20.2. The maximum atomic E-state index is 12.4. The molecule has 0 spiro atoms. The number of nitrogens with zero attached hydrogens (tertiary/aromatic N) is 2. The lowest BCUT2D eigenvalue weighted by Gasteiger charge is -2.07. The number of carbonyl (C=O) groups excluding carboxylic acids is 3. The van der Waals surface area contributed by atoms with E-state index in [4.69, 9.17) is 10.5 Å². The van der Waals surface area contributed by atoms with E-state index in [1.165, 1.54) is 29.4 Å². The van der Waals surface area contributed by atoms with E-state index >= 15 is 0 Å². The van der Waals surface area contributed by atoms with Crippen molar-refractivity contribution >= 4 is 67.4 Å². The highest BCUT2D eigenvalue weighted by Crippen LogP contribution is 2.34. The molecule has 0 aliphatic heterocycles. The van der Waals surface area contributed by atoms with Crippen molar-refractivity contribution in [2.24, 2.45) is 5.73 Å². The van der Waals surface area contributed by atoms with Gasteiger partial charge in [0, 0.05) is 0 Å². The third-order valence-corrected chi connectivity index (χ3v) is 6.90. The highest BCUT2D eigenvalue weighted by Gasteiger charge is 2.25. The Morgan fingerprint density at radius 3 is 2.82 bits per heavy atom. The van der Waals surface area contributed by atoms with E-state index in [1.807, 2.05) is 11.4 Å². The molecule has 0 aliphatic carbocycles. The molecule has 0 unspecified atom stereocenters. The smallest absolute Gasteiger partial charge is 0.341 e. The highest BCUT2D eigenvalue weighted by atomic mass is 32.2. The number of hydrogen-bond donors (Lipinski definition) is 2. The predicted molar refractivity (Wildman–Crippen MR) is 110 cm³/mol. The van der Waals surface area contributed by atoms with Gasteiger partial charge in [-0.2, -0.15) is 0 Å². The number of fused-ring (bicyclic) bond motifs is 1. The maximum absolute atomic E-state index is 12.4. The summed E-state index contributed by atoms with van der Waals surface area (Å²) in [6.07, 6.45) is 1.45. The van der Waals surface area contributed by atoms with Gasteiger partial charge in [0.15, 0.2) is 0 Å². The van der Waals surface area contributed by atoms with Crippen LogP contribution in [0.15, 0.2) is 22.8 Å². The monoisotopic (exact) mass is 436 g/mol. The number of ether oxygens (including phenoxy) is 1. The zero-order valence-corrected chi connectivity index (χ0v) is 17.4. The van der Waals surface area contributed by atoms with Crippen LogP contribution in [0.3, 0.4) is 0 Å². The van der Waals surface area contributed by atoms with Crippen molar-refractivity contribution < 1.29 is 19.1 Å². The lowest BCUT2D eigenvalue weighted by molar-refractivity contribution is -0.113. The number of thioether (sulfide) groups is 1. The summed E-state index contributed by atoms with van der Waals surface area (Å²) < 4.78 is 5.95. The molecule has 0 radical (unpaired) electrons. The van der Waals surface area contributed by atoms with Crippen molar-refractivity contribution in [2.45, 2.75) is 18.9 Å². The Morgan fingerprint density at radius 2 is 2.11 bits per heavy atom. The molecule has 11 heteroatoms. The fraction of sp³-hybridized carbons (Fsp3) is 0.235. The highest BCUT2D eigenvalue weighted by molar-refractivity contribution is 8.00. The molecule has 0 aromatic carbocycles. The minimum Gasteiger partial charge on any atom is -0.462 e. The Hall–Kier alpha value is -2.50. The molecule has 3 aromatic heterocycles. The number of anilines is 1. The van der Waals surface area contributed by atoms with Crippen LogP contribution < -0.4 is 11.1 Å². The predicted octanol–water partition coefficient (Wildman–Crippen LogP) is 3.07. The minimum atomic E-state index is -0.663. The average molecular weight is 437 g/mol. The number of primary amides is 1. The van der Waals surface area contributed by atoms with Crippen molar-refractivity contribution in [1.82, 2.24) is 9.97 Å². The van der Waals surface area contributed by atoms with Crippen LogP contribution in [0.5, 0.6) is 0 Å². The van der Waals surface area contributed by atoms with Gasteiger partial charge in [0.1, 0.15) is 16.4 Å². The molecule has 8 nitrogen and oxygen atoms in total. The Kier molecular flexibility index (Phi) is 6.27. The van der Waals surface area contributed by atoms with E-state index in [2.05, 4.69) is 15.3 Å². The van der Waals surface area contributed by atoms with E-state index in [0.717, 1.165) is 21.6 Å². The number of hydrogen-bond acceptors (Lipinski definition) is 9. The lowest BCUT2D eigenvalue weighted by Crippen LogP contribution is -2.16. The van der Waals surface area contributed by atoms with Crippen molar-refractivity contribution in [3.8, 4) is 0 Å². The van der Waals surface area contributed by atoms with Gasteiger partial charge in [-0.3, -0.25) is 9.59 Å². The van der Waals surface area contributed by atoms with Crippen LogP contribution in [-0.4, -0.2) is 40.1 Å².